The lowest BCUT2D eigenvalue weighted by molar-refractivity contribution is -0.137. The third kappa shape index (κ3) is 3.71. The molecule has 2 saturated heterocycles. The number of aromatic nitrogens is 2. The van der Waals surface area contributed by atoms with Crippen LogP contribution in [0.4, 0.5) is 18.9 Å². The number of nitriles is 1. The van der Waals surface area contributed by atoms with Gasteiger partial charge in [-0.1, -0.05) is 0 Å². The Balaban J connectivity index is 1.59. The molecule has 1 amide bonds. The largest absolute Gasteiger partial charge is 0.417 e. The number of nitrogens with zero attached hydrogens (tertiary/aromatic N) is 5. The first kappa shape index (κ1) is 22.1. The Morgan fingerprint density at radius 2 is 2.12 bits per heavy atom. The summed E-state index contributed by atoms with van der Waals surface area (Å²) in [5, 5.41) is 23.5. The van der Waals surface area contributed by atoms with Crippen LogP contribution in [-0.4, -0.2) is 58.5 Å². The summed E-state index contributed by atoms with van der Waals surface area (Å²) < 4.78 is 41.9. The lowest BCUT2D eigenvalue weighted by Gasteiger charge is -2.43. The zero-order valence-corrected chi connectivity index (χ0v) is 17.6. The minimum Gasteiger partial charge on any atom is -0.396 e. The molecule has 1 aromatic heterocycles. The minimum atomic E-state index is -4.63. The standard InChI is InChI=1S/C22H24F3N5O2/c1-2-30-19(5-7-27-30)20(32)28-8-6-16-11-29(13-21(16,12-28)14-31)17-4-3-15(10-26)18(9-17)22(23,24)25/h3-5,7,9,16,31H,2,6,8,11-14H2,1H3. The number of aliphatic hydroxyl groups excluding tert-OH is 1. The zero-order chi connectivity index (χ0) is 23.1. The molecule has 2 fully saturated rings. The smallest absolute Gasteiger partial charge is 0.396 e. The van der Waals surface area contributed by atoms with Gasteiger partial charge in [-0.15, -0.1) is 0 Å². The molecule has 0 spiro atoms. The second-order valence-corrected chi connectivity index (χ2v) is 8.48. The molecule has 1 N–H and O–H groups in total. The summed E-state index contributed by atoms with van der Waals surface area (Å²) >= 11 is 0. The molecule has 2 atom stereocenters. The van der Waals surface area contributed by atoms with Crippen molar-refractivity contribution in [3.05, 3.63) is 47.3 Å². The maximum absolute atomic E-state index is 13.4. The highest BCUT2D eigenvalue weighted by atomic mass is 19.4. The summed E-state index contributed by atoms with van der Waals surface area (Å²) in [5.74, 6) is -0.121. The normalized spacial score (nSPS) is 23.2. The van der Waals surface area contributed by atoms with Gasteiger partial charge in [-0.2, -0.15) is 23.5 Å². The fraction of sp³-hybridized carbons (Fsp3) is 0.500. The topological polar surface area (TPSA) is 85.4 Å². The number of carbonyl (C=O) groups excluding carboxylic acids is 1. The van der Waals surface area contributed by atoms with Crippen LogP contribution >= 0.6 is 0 Å². The molecule has 0 aliphatic carbocycles. The number of piperidine rings is 1. The van der Waals surface area contributed by atoms with E-state index in [1.165, 1.54) is 12.1 Å². The molecule has 0 bridgehead atoms. The predicted octanol–water partition coefficient (Wildman–Crippen LogP) is 2.75. The average Bonchev–Trinajstić information content (AvgIpc) is 3.42. The Bertz CT molecular complexity index is 1060. The van der Waals surface area contributed by atoms with Gasteiger partial charge < -0.3 is 14.9 Å². The van der Waals surface area contributed by atoms with E-state index < -0.39 is 22.7 Å². The third-order valence-corrected chi connectivity index (χ3v) is 6.70. The van der Waals surface area contributed by atoms with Crippen LogP contribution in [0, 0.1) is 22.7 Å². The molecule has 3 heterocycles. The number of amides is 1. The molecule has 10 heteroatoms. The van der Waals surface area contributed by atoms with Gasteiger partial charge in [0.2, 0.25) is 0 Å². The first-order chi connectivity index (χ1) is 15.2. The molecule has 7 nitrogen and oxygen atoms in total. The predicted molar refractivity (Wildman–Crippen MR) is 110 cm³/mol. The van der Waals surface area contributed by atoms with Gasteiger partial charge in [-0.05, 0) is 43.5 Å². The number of aliphatic hydroxyl groups is 1. The number of rotatable bonds is 4. The van der Waals surface area contributed by atoms with E-state index in [2.05, 4.69) is 5.10 Å². The Morgan fingerprint density at radius 1 is 1.34 bits per heavy atom. The van der Waals surface area contributed by atoms with Crippen molar-refractivity contribution in [2.24, 2.45) is 11.3 Å². The SMILES string of the molecule is CCn1nccc1C(=O)N1CCC2CN(c3ccc(C#N)c(C(F)(F)F)c3)CC2(CO)C1. The maximum Gasteiger partial charge on any atom is 0.417 e. The van der Waals surface area contributed by atoms with Crippen LogP contribution in [0.5, 0.6) is 0 Å². The maximum atomic E-state index is 13.4. The summed E-state index contributed by atoms with van der Waals surface area (Å²) in [7, 11) is 0. The molecule has 0 radical (unpaired) electrons. The number of hydrogen-bond acceptors (Lipinski definition) is 5. The van der Waals surface area contributed by atoms with E-state index in [-0.39, 0.29) is 18.4 Å². The molecule has 2 aliphatic rings. The molecule has 2 aromatic rings. The van der Waals surface area contributed by atoms with Crippen LogP contribution in [0.3, 0.4) is 0 Å². The van der Waals surface area contributed by atoms with Gasteiger partial charge in [0.25, 0.3) is 5.91 Å². The van der Waals surface area contributed by atoms with Crippen molar-refractivity contribution in [1.82, 2.24) is 14.7 Å². The highest BCUT2D eigenvalue weighted by Crippen LogP contribution is 2.44. The molecule has 4 rings (SSSR count). The summed E-state index contributed by atoms with van der Waals surface area (Å²) in [6, 6.07) is 6.97. The Kier molecular flexibility index (Phi) is 5.63. The summed E-state index contributed by atoms with van der Waals surface area (Å²) in [4.78, 5) is 16.6. The number of likely N-dealkylation sites (tertiary alicyclic amines) is 1. The van der Waals surface area contributed by atoms with E-state index in [0.717, 1.165) is 6.07 Å². The van der Waals surface area contributed by atoms with Gasteiger partial charge in [-0.3, -0.25) is 9.48 Å². The van der Waals surface area contributed by atoms with E-state index in [1.54, 1.807) is 27.9 Å². The third-order valence-electron chi connectivity index (χ3n) is 6.70. The number of aryl methyl sites for hydroxylation is 1. The van der Waals surface area contributed by atoms with Gasteiger partial charge in [0.15, 0.2) is 0 Å². The second kappa shape index (κ2) is 8.13. The van der Waals surface area contributed by atoms with Gasteiger partial charge in [0.05, 0.1) is 23.8 Å². The van der Waals surface area contributed by atoms with Crippen molar-refractivity contribution in [3.63, 3.8) is 0 Å². The van der Waals surface area contributed by atoms with Gasteiger partial charge in [0, 0.05) is 50.0 Å². The van der Waals surface area contributed by atoms with E-state index in [4.69, 9.17) is 5.26 Å². The number of carbonyl (C=O) groups is 1. The first-order valence-electron chi connectivity index (χ1n) is 10.5. The highest BCUT2D eigenvalue weighted by molar-refractivity contribution is 5.92. The average molecular weight is 447 g/mol. The highest BCUT2D eigenvalue weighted by Gasteiger charge is 2.50. The summed E-state index contributed by atoms with van der Waals surface area (Å²) in [6.07, 6.45) is -2.41. The van der Waals surface area contributed by atoms with Gasteiger partial charge in [0.1, 0.15) is 5.69 Å². The van der Waals surface area contributed by atoms with Crippen LogP contribution in [0.25, 0.3) is 0 Å². The first-order valence-corrected chi connectivity index (χ1v) is 10.5. The summed E-state index contributed by atoms with van der Waals surface area (Å²) in [5.41, 5.74) is -1.16. The number of benzene rings is 1. The van der Waals surface area contributed by atoms with Crippen LogP contribution in [0.15, 0.2) is 30.5 Å². The van der Waals surface area contributed by atoms with Crippen molar-refractivity contribution < 1.29 is 23.1 Å². The quantitative estimate of drug-likeness (QED) is 0.779. The number of fused-ring (bicyclic) bond motifs is 1. The number of halogens is 3. The van der Waals surface area contributed by atoms with Crippen molar-refractivity contribution in [2.45, 2.75) is 26.1 Å². The van der Waals surface area contributed by atoms with Crippen molar-refractivity contribution in [3.8, 4) is 6.07 Å². The summed E-state index contributed by atoms with van der Waals surface area (Å²) in [6.45, 7) is 3.92. The number of alkyl halides is 3. The van der Waals surface area contributed by atoms with Crippen LogP contribution in [-0.2, 0) is 12.7 Å². The fourth-order valence-corrected chi connectivity index (χ4v) is 4.97. The molecule has 2 aliphatic heterocycles. The van der Waals surface area contributed by atoms with Crippen LogP contribution in [0.1, 0.15) is 35.0 Å². The van der Waals surface area contributed by atoms with E-state index in [1.807, 2.05) is 11.8 Å². The van der Waals surface area contributed by atoms with Crippen molar-refractivity contribution >= 4 is 11.6 Å². The molecule has 2 unspecified atom stereocenters. The Hall–Kier alpha value is -3.06. The van der Waals surface area contributed by atoms with Crippen LogP contribution in [0.2, 0.25) is 0 Å². The molecular weight excluding hydrogens is 423 g/mol. The Labute approximate surface area is 183 Å². The lowest BCUT2D eigenvalue weighted by atomic mass is 9.74. The molecule has 170 valence electrons. The number of hydrogen-bond donors (Lipinski definition) is 1. The second-order valence-electron chi connectivity index (χ2n) is 8.48. The minimum absolute atomic E-state index is 0.0395. The van der Waals surface area contributed by atoms with E-state index in [9.17, 15) is 23.1 Å². The van der Waals surface area contributed by atoms with Gasteiger partial charge in [-0.25, -0.2) is 0 Å². The number of anilines is 1. The molecule has 1 aromatic carbocycles. The lowest BCUT2D eigenvalue weighted by Crippen LogP contribution is -2.52. The monoisotopic (exact) mass is 447 g/mol. The molecule has 0 saturated carbocycles. The molecule has 32 heavy (non-hydrogen) atoms. The van der Waals surface area contributed by atoms with E-state index >= 15 is 0 Å². The van der Waals surface area contributed by atoms with Gasteiger partial charge >= 0.3 is 6.18 Å². The van der Waals surface area contributed by atoms with Crippen LogP contribution < -0.4 is 4.90 Å². The molecular formula is C22H24F3N5O2. The fourth-order valence-electron chi connectivity index (χ4n) is 4.97. The van der Waals surface area contributed by atoms with Crippen molar-refractivity contribution in [1.29, 1.82) is 5.26 Å². The Morgan fingerprint density at radius 3 is 2.78 bits per heavy atom. The van der Waals surface area contributed by atoms with Crippen molar-refractivity contribution in [2.75, 3.05) is 37.7 Å². The van der Waals surface area contributed by atoms with E-state index in [0.29, 0.717) is 50.5 Å². The zero-order valence-electron chi connectivity index (χ0n) is 17.6.